The lowest BCUT2D eigenvalue weighted by molar-refractivity contribution is -0.137. The predicted molar refractivity (Wildman–Crippen MR) is 93.2 cm³/mol. The van der Waals surface area contributed by atoms with E-state index in [9.17, 15) is 27.2 Å². The van der Waals surface area contributed by atoms with Crippen LogP contribution in [0, 0.1) is 5.82 Å². The summed E-state index contributed by atoms with van der Waals surface area (Å²) in [5.41, 5.74) is -2.21. The van der Waals surface area contributed by atoms with Gasteiger partial charge in [-0.1, -0.05) is 6.07 Å². The van der Waals surface area contributed by atoms with Gasteiger partial charge in [0.2, 0.25) is 0 Å². The second-order valence-corrected chi connectivity index (χ2v) is 5.98. The SMILES string of the molecule is C[C@@H](NC(=O)c1cc(=O)[nH]c(-c2ncccn2)n1)c1ccc(C(F)(F)F)cc1F. The number of aromatic nitrogens is 4. The second-order valence-electron chi connectivity index (χ2n) is 5.98. The number of hydrogen-bond donors (Lipinski definition) is 2. The van der Waals surface area contributed by atoms with Gasteiger partial charge in [0.15, 0.2) is 11.6 Å². The van der Waals surface area contributed by atoms with E-state index in [4.69, 9.17) is 0 Å². The third-order valence-corrected chi connectivity index (χ3v) is 3.89. The van der Waals surface area contributed by atoms with E-state index in [-0.39, 0.29) is 22.9 Å². The summed E-state index contributed by atoms with van der Waals surface area (Å²) in [6.07, 6.45) is -1.84. The lowest BCUT2D eigenvalue weighted by atomic mass is 10.0. The molecular weight excluding hydrogens is 394 g/mol. The molecule has 3 aromatic rings. The highest BCUT2D eigenvalue weighted by Crippen LogP contribution is 2.31. The molecule has 1 aromatic carbocycles. The molecule has 1 atom stereocenters. The summed E-state index contributed by atoms with van der Waals surface area (Å²) in [4.78, 5) is 38.5. The average Bonchev–Trinajstić information content (AvgIpc) is 2.67. The van der Waals surface area contributed by atoms with E-state index in [2.05, 4.69) is 25.3 Å². The number of carbonyl (C=O) groups is 1. The number of benzene rings is 1. The van der Waals surface area contributed by atoms with Gasteiger partial charge in [0, 0.05) is 24.0 Å². The lowest BCUT2D eigenvalue weighted by Crippen LogP contribution is -2.29. The van der Waals surface area contributed by atoms with E-state index >= 15 is 0 Å². The minimum Gasteiger partial charge on any atom is -0.344 e. The number of alkyl halides is 3. The summed E-state index contributed by atoms with van der Waals surface area (Å²) < 4.78 is 52.1. The molecule has 11 heteroatoms. The number of nitrogens with zero attached hydrogens (tertiary/aromatic N) is 3. The molecule has 29 heavy (non-hydrogen) atoms. The maximum atomic E-state index is 14.1. The predicted octanol–water partition coefficient (Wildman–Crippen LogP) is 2.88. The van der Waals surface area contributed by atoms with Crippen LogP contribution < -0.4 is 10.9 Å². The minimum atomic E-state index is -4.68. The van der Waals surface area contributed by atoms with Crippen LogP contribution in [0.25, 0.3) is 11.6 Å². The van der Waals surface area contributed by atoms with Crippen molar-refractivity contribution in [3.05, 3.63) is 75.7 Å². The van der Waals surface area contributed by atoms with Crippen molar-refractivity contribution >= 4 is 5.91 Å². The summed E-state index contributed by atoms with van der Waals surface area (Å²) in [5, 5.41) is 2.40. The molecular formula is C18H13F4N5O2. The van der Waals surface area contributed by atoms with Crippen molar-refractivity contribution < 1.29 is 22.4 Å². The highest BCUT2D eigenvalue weighted by atomic mass is 19.4. The maximum Gasteiger partial charge on any atom is 0.416 e. The summed E-state index contributed by atoms with van der Waals surface area (Å²) in [6, 6.07) is 3.52. The molecule has 0 spiro atoms. The van der Waals surface area contributed by atoms with Crippen LogP contribution in [0.15, 0.2) is 47.5 Å². The van der Waals surface area contributed by atoms with E-state index in [1.807, 2.05) is 0 Å². The highest BCUT2D eigenvalue weighted by Gasteiger charge is 2.31. The van der Waals surface area contributed by atoms with Gasteiger partial charge in [-0.3, -0.25) is 9.59 Å². The zero-order valence-electron chi connectivity index (χ0n) is 14.8. The fraction of sp³-hybridized carbons (Fsp3) is 0.167. The van der Waals surface area contributed by atoms with Crippen molar-refractivity contribution in [1.82, 2.24) is 25.3 Å². The summed E-state index contributed by atoms with van der Waals surface area (Å²) in [6.45, 7) is 1.39. The molecule has 0 aliphatic carbocycles. The highest BCUT2D eigenvalue weighted by molar-refractivity contribution is 5.92. The normalized spacial score (nSPS) is 12.4. The van der Waals surface area contributed by atoms with Gasteiger partial charge in [0.1, 0.15) is 11.5 Å². The molecule has 0 radical (unpaired) electrons. The monoisotopic (exact) mass is 407 g/mol. The van der Waals surface area contributed by atoms with Gasteiger partial charge in [0.05, 0.1) is 11.6 Å². The molecule has 0 aliphatic rings. The van der Waals surface area contributed by atoms with Gasteiger partial charge in [0.25, 0.3) is 11.5 Å². The van der Waals surface area contributed by atoms with Crippen molar-refractivity contribution in [3.8, 4) is 11.6 Å². The van der Waals surface area contributed by atoms with Crippen LogP contribution in [0.5, 0.6) is 0 Å². The number of halogens is 4. The van der Waals surface area contributed by atoms with Gasteiger partial charge in [-0.2, -0.15) is 13.2 Å². The Labute approximate surface area is 160 Å². The second kappa shape index (κ2) is 7.78. The van der Waals surface area contributed by atoms with Crippen molar-refractivity contribution in [2.24, 2.45) is 0 Å². The molecule has 1 amide bonds. The van der Waals surface area contributed by atoms with E-state index in [0.717, 1.165) is 18.2 Å². The van der Waals surface area contributed by atoms with Crippen LogP contribution in [0.2, 0.25) is 0 Å². The first kappa shape index (κ1) is 20.1. The molecule has 7 nitrogen and oxygen atoms in total. The van der Waals surface area contributed by atoms with E-state index < -0.39 is 35.1 Å². The fourth-order valence-corrected chi connectivity index (χ4v) is 2.50. The Morgan fingerprint density at radius 3 is 2.48 bits per heavy atom. The molecule has 150 valence electrons. The number of aromatic amines is 1. The van der Waals surface area contributed by atoms with Crippen LogP contribution in [0.1, 0.15) is 34.6 Å². The lowest BCUT2D eigenvalue weighted by Gasteiger charge is -2.16. The number of amides is 1. The third-order valence-electron chi connectivity index (χ3n) is 3.89. The van der Waals surface area contributed by atoms with Crippen LogP contribution in [0.3, 0.4) is 0 Å². The van der Waals surface area contributed by atoms with Crippen molar-refractivity contribution in [2.45, 2.75) is 19.1 Å². The van der Waals surface area contributed by atoms with E-state index in [0.29, 0.717) is 6.07 Å². The number of carbonyl (C=O) groups excluding carboxylic acids is 1. The van der Waals surface area contributed by atoms with Gasteiger partial charge < -0.3 is 10.3 Å². The Morgan fingerprint density at radius 2 is 1.86 bits per heavy atom. The molecule has 2 aromatic heterocycles. The largest absolute Gasteiger partial charge is 0.416 e. The standard InChI is InChI=1S/C18H13F4N5O2/c1-9(11-4-3-10(7-12(11)19)18(20,21)22)25-17(29)13-8-14(28)27-16(26-13)15-23-5-2-6-24-15/h2-9H,1H3,(H,25,29)(H,26,27,28)/t9-/m1/s1. The fourth-order valence-electron chi connectivity index (χ4n) is 2.50. The summed E-state index contributed by atoms with van der Waals surface area (Å²) >= 11 is 0. The number of nitrogens with one attached hydrogen (secondary N) is 2. The molecule has 0 bridgehead atoms. The Balaban J connectivity index is 1.84. The van der Waals surface area contributed by atoms with Gasteiger partial charge in [-0.25, -0.2) is 19.3 Å². The van der Waals surface area contributed by atoms with Crippen molar-refractivity contribution in [2.75, 3.05) is 0 Å². The van der Waals surface area contributed by atoms with Crippen molar-refractivity contribution in [1.29, 1.82) is 0 Å². The van der Waals surface area contributed by atoms with Crippen LogP contribution >= 0.6 is 0 Å². The Morgan fingerprint density at radius 1 is 1.17 bits per heavy atom. The molecule has 3 rings (SSSR count). The molecule has 0 saturated heterocycles. The maximum absolute atomic E-state index is 14.1. The Hall–Kier alpha value is -3.63. The smallest absolute Gasteiger partial charge is 0.344 e. The van der Waals surface area contributed by atoms with Crippen LogP contribution in [-0.4, -0.2) is 25.8 Å². The molecule has 0 fully saturated rings. The quantitative estimate of drug-likeness (QED) is 0.648. The van der Waals surface area contributed by atoms with E-state index in [1.165, 1.54) is 19.3 Å². The first-order valence-corrected chi connectivity index (χ1v) is 8.21. The van der Waals surface area contributed by atoms with E-state index in [1.54, 1.807) is 6.07 Å². The molecule has 0 saturated carbocycles. The Bertz CT molecular complexity index is 1100. The molecule has 2 heterocycles. The third kappa shape index (κ3) is 4.62. The zero-order valence-corrected chi connectivity index (χ0v) is 14.8. The van der Waals surface area contributed by atoms with Crippen LogP contribution in [0.4, 0.5) is 17.6 Å². The first-order valence-electron chi connectivity index (χ1n) is 8.21. The van der Waals surface area contributed by atoms with Gasteiger partial charge in [-0.05, 0) is 25.1 Å². The number of hydrogen-bond acceptors (Lipinski definition) is 5. The van der Waals surface area contributed by atoms with Crippen molar-refractivity contribution in [3.63, 3.8) is 0 Å². The summed E-state index contributed by atoms with van der Waals surface area (Å²) in [7, 11) is 0. The minimum absolute atomic E-state index is 0.0448. The first-order chi connectivity index (χ1) is 13.6. The zero-order chi connectivity index (χ0) is 21.2. The average molecular weight is 407 g/mol. The van der Waals surface area contributed by atoms with Gasteiger partial charge in [-0.15, -0.1) is 0 Å². The molecule has 2 N–H and O–H groups in total. The molecule has 0 aliphatic heterocycles. The Kier molecular flexibility index (Phi) is 5.39. The topological polar surface area (TPSA) is 101 Å². The summed E-state index contributed by atoms with van der Waals surface area (Å²) in [5.74, 6) is -1.90. The number of H-pyrrole nitrogens is 1. The number of rotatable bonds is 4. The van der Waals surface area contributed by atoms with Gasteiger partial charge >= 0.3 is 6.18 Å². The van der Waals surface area contributed by atoms with Crippen LogP contribution in [-0.2, 0) is 6.18 Å². The molecule has 0 unspecified atom stereocenters.